The monoisotopic (exact) mass is 232 g/mol. The summed E-state index contributed by atoms with van der Waals surface area (Å²) in [6.45, 7) is 0. The number of aliphatic carboxylic acids is 1. The molecular weight excluding hydrogens is 227 g/mol. The summed E-state index contributed by atoms with van der Waals surface area (Å²) in [6, 6.07) is 4.65. The summed E-state index contributed by atoms with van der Waals surface area (Å²) in [6.07, 6.45) is 1.91. The van der Waals surface area contributed by atoms with Crippen molar-refractivity contribution in [3.63, 3.8) is 0 Å². The number of benzene rings is 1. The first kappa shape index (κ1) is 10.9. The van der Waals surface area contributed by atoms with E-state index in [1.165, 1.54) is 6.07 Å². The number of rotatable bonds is 3. The third-order valence-corrected chi connectivity index (χ3v) is 1.83. The lowest BCUT2D eigenvalue weighted by Gasteiger charge is -2.01. The quantitative estimate of drug-likeness (QED) is 0.644. The second-order valence-corrected chi connectivity index (χ2v) is 3.18. The van der Waals surface area contributed by atoms with E-state index in [4.69, 9.17) is 33.0 Å². The first-order valence-corrected chi connectivity index (χ1v) is 4.36. The zero-order valence-electron chi connectivity index (χ0n) is 6.91. The average Bonchev–Trinajstić information content (AvgIpc) is 2.08. The molecule has 0 aromatic heterocycles. The van der Waals surface area contributed by atoms with E-state index in [-0.39, 0.29) is 0 Å². The Balaban J connectivity index is 2.73. The molecule has 5 heteroatoms. The van der Waals surface area contributed by atoms with Crippen LogP contribution in [0.1, 0.15) is 0 Å². The van der Waals surface area contributed by atoms with Gasteiger partial charge in [-0.2, -0.15) is 0 Å². The second-order valence-electron chi connectivity index (χ2n) is 2.33. The summed E-state index contributed by atoms with van der Waals surface area (Å²) >= 11 is 11.4. The van der Waals surface area contributed by atoms with E-state index < -0.39 is 5.97 Å². The van der Waals surface area contributed by atoms with Gasteiger partial charge < -0.3 is 9.84 Å². The lowest BCUT2D eigenvalue weighted by Crippen LogP contribution is -1.89. The van der Waals surface area contributed by atoms with Gasteiger partial charge in [-0.25, -0.2) is 4.79 Å². The molecule has 1 N–H and O–H groups in total. The first-order valence-electron chi connectivity index (χ1n) is 3.61. The zero-order chi connectivity index (χ0) is 10.6. The highest BCUT2D eigenvalue weighted by Gasteiger charge is 2.00. The van der Waals surface area contributed by atoms with E-state index in [0.717, 1.165) is 12.3 Å². The van der Waals surface area contributed by atoms with E-state index in [0.29, 0.717) is 15.8 Å². The number of halogens is 2. The highest BCUT2D eigenvalue weighted by atomic mass is 35.5. The van der Waals surface area contributed by atoms with Crippen molar-refractivity contribution in [2.24, 2.45) is 0 Å². The van der Waals surface area contributed by atoms with Crippen LogP contribution in [0.2, 0.25) is 10.0 Å². The smallest absolute Gasteiger partial charge is 0.331 e. The molecule has 0 fully saturated rings. The maximum atomic E-state index is 10.1. The number of carbonyl (C=O) groups is 1. The fourth-order valence-corrected chi connectivity index (χ4v) is 1.19. The van der Waals surface area contributed by atoms with Crippen LogP contribution < -0.4 is 4.74 Å². The van der Waals surface area contributed by atoms with Crippen molar-refractivity contribution in [3.05, 3.63) is 40.6 Å². The summed E-state index contributed by atoms with van der Waals surface area (Å²) in [4.78, 5) is 10.1. The molecule has 0 aliphatic rings. The molecule has 0 atom stereocenters. The van der Waals surface area contributed by atoms with Crippen LogP contribution in [0.15, 0.2) is 30.5 Å². The van der Waals surface area contributed by atoms with Crippen LogP contribution >= 0.6 is 23.2 Å². The second kappa shape index (κ2) is 4.88. The summed E-state index contributed by atoms with van der Waals surface area (Å²) < 4.78 is 4.95. The van der Waals surface area contributed by atoms with E-state index in [1.807, 2.05) is 0 Å². The number of ether oxygens (including phenoxy) is 1. The van der Waals surface area contributed by atoms with Gasteiger partial charge in [-0.05, 0) is 18.2 Å². The van der Waals surface area contributed by atoms with Crippen molar-refractivity contribution >= 4 is 29.2 Å². The Hall–Kier alpha value is -1.19. The molecule has 0 bridgehead atoms. The lowest BCUT2D eigenvalue weighted by molar-refractivity contribution is -0.131. The minimum Gasteiger partial charge on any atom is -0.478 e. The molecule has 1 aromatic carbocycles. The Morgan fingerprint density at radius 1 is 1.43 bits per heavy atom. The standard InChI is InChI=1S/C9H6Cl2O3/c10-6-1-2-8(7(11)5-6)14-4-3-9(12)13/h1-5H,(H,12,13)/b4-3+. The maximum Gasteiger partial charge on any atom is 0.331 e. The van der Waals surface area contributed by atoms with Crippen LogP contribution in [0, 0.1) is 0 Å². The van der Waals surface area contributed by atoms with Crippen LogP contribution in [-0.4, -0.2) is 11.1 Å². The Bertz CT molecular complexity index is 374. The van der Waals surface area contributed by atoms with Gasteiger partial charge in [-0.1, -0.05) is 23.2 Å². The van der Waals surface area contributed by atoms with Crippen LogP contribution in [0.25, 0.3) is 0 Å². The molecule has 0 unspecified atom stereocenters. The molecule has 14 heavy (non-hydrogen) atoms. The van der Waals surface area contributed by atoms with Crippen molar-refractivity contribution in [1.29, 1.82) is 0 Å². The molecule has 3 nitrogen and oxygen atoms in total. The summed E-state index contributed by atoms with van der Waals surface area (Å²) in [5.74, 6) is -0.733. The van der Waals surface area contributed by atoms with Crippen molar-refractivity contribution in [2.45, 2.75) is 0 Å². The predicted molar refractivity (Wildman–Crippen MR) is 53.9 cm³/mol. The molecule has 0 aliphatic heterocycles. The van der Waals surface area contributed by atoms with Gasteiger partial charge in [0.1, 0.15) is 5.75 Å². The zero-order valence-corrected chi connectivity index (χ0v) is 8.42. The largest absolute Gasteiger partial charge is 0.478 e. The Morgan fingerprint density at radius 3 is 2.71 bits per heavy atom. The Labute approximate surface area is 90.5 Å². The third kappa shape index (κ3) is 3.28. The lowest BCUT2D eigenvalue weighted by atomic mass is 10.3. The highest BCUT2D eigenvalue weighted by Crippen LogP contribution is 2.27. The molecule has 0 saturated heterocycles. The molecule has 0 saturated carbocycles. The van der Waals surface area contributed by atoms with Crippen LogP contribution in [0.3, 0.4) is 0 Å². The Morgan fingerprint density at radius 2 is 2.14 bits per heavy atom. The third-order valence-electron chi connectivity index (χ3n) is 1.30. The van der Waals surface area contributed by atoms with Crippen molar-refractivity contribution in [1.82, 2.24) is 0 Å². The van der Waals surface area contributed by atoms with Gasteiger partial charge in [0.25, 0.3) is 0 Å². The fraction of sp³-hybridized carbons (Fsp3) is 0. The van der Waals surface area contributed by atoms with Crippen molar-refractivity contribution in [3.8, 4) is 5.75 Å². The van der Waals surface area contributed by atoms with Gasteiger partial charge in [0, 0.05) is 5.02 Å². The average molecular weight is 233 g/mol. The molecule has 1 aromatic rings. The van der Waals surface area contributed by atoms with Crippen LogP contribution in [0.4, 0.5) is 0 Å². The van der Waals surface area contributed by atoms with Crippen molar-refractivity contribution in [2.75, 3.05) is 0 Å². The number of hydrogen-bond acceptors (Lipinski definition) is 2. The van der Waals surface area contributed by atoms with Gasteiger partial charge in [0.05, 0.1) is 17.4 Å². The SMILES string of the molecule is O=C(O)/C=C/Oc1ccc(Cl)cc1Cl. The van der Waals surface area contributed by atoms with Crippen molar-refractivity contribution < 1.29 is 14.6 Å². The van der Waals surface area contributed by atoms with Crippen LogP contribution in [-0.2, 0) is 4.79 Å². The van der Waals surface area contributed by atoms with Gasteiger partial charge in [-0.3, -0.25) is 0 Å². The van der Waals surface area contributed by atoms with Gasteiger partial charge in [0.15, 0.2) is 0 Å². The van der Waals surface area contributed by atoms with Crippen LogP contribution in [0.5, 0.6) is 5.75 Å². The highest BCUT2D eigenvalue weighted by molar-refractivity contribution is 6.35. The maximum absolute atomic E-state index is 10.1. The topological polar surface area (TPSA) is 46.5 Å². The number of carboxylic acids is 1. The Kier molecular flexibility index (Phi) is 3.80. The van der Waals surface area contributed by atoms with Gasteiger partial charge in [-0.15, -0.1) is 0 Å². The van der Waals surface area contributed by atoms with E-state index >= 15 is 0 Å². The first-order chi connectivity index (χ1) is 6.59. The minimum atomic E-state index is -1.09. The molecular formula is C9H6Cl2O3. The normalized spacial score (nSPS) is 10.4. The molecule has 74 valence electrons. The fourth-order valence-electron chi connectivity index (χ4n) is 0.736. The van der Waals surface area contributed by atoms with Gasteiger partial charge in [0.2, 0.25) is 0 Å². The molecule has 0 spiro atoms. The van der Waals surface area contributed by atoms with E-state index in [1.54, 1.807) is 12.1 Å². The minimum absolute atomic E-state index is 0.326. The predicted octanol–water partition coefficient (Wildman–Crippen LogP) is 2.97. The molecule has 0 heterocycles. The number of carboxylic acid groups (broad SMARTS) is 1. The molecule has 0 amide bonds. The van der Waals surface area contributed by atoms with E-state index in [2.05, 4.69) is 0 Å². The molecule has 0 aliphatic carbocycles. The molecule has 0 radical (unpaired) electrons. The molecule has 1 rings (SSSR count). The van der Waals surface area contributed by atoms with Gasteiger partial charge >= 0.3 is 5.97 Å². The summed E-state index contributed by atoms with van der Waals surface area (Å²) in [5.41, 5.74) is 0. The summed E-state index contributed by atoms with van der Waals surface area (Å²) in [7, 11) is 0. The number of hydrogen-bond donors (Lipinski definition) is 1. The summed E-state index contributed by atoms with van der Waals surface area (Å²) in [5, 5.41) is 9.10. The van der Waals surface area contributed by atoms with E-state index in [9.17, 15) is 4.79 Å².